The van der Waals surface area contributed by atoms with Gasteiger partial charge in [0.25, 0.3) is 0 Å². The van der Waals surface area contributed by atoms with Crippen LogP contribution in [0.15, 0.2) is 10.8 Å². The van der Waals surface area contributed by atoms with E-state index < -0.39 is 9.84 Å². The maximum Gasteiger partial charge on any atom is 0.181 e. The minimum absolute atomic E-state index is 0.0130. The fraction of sp³-hybridized carbons (Fsp3) is 0.727. The molecular weight excluding hydrogens is 240 g/mol. The van der Waals surface area contributed by atoms with Crippen LogP contribution in [0.2, 0.25) is 0 Å². The van der Waals surface area contributed by atoms with Crippen molar-refractivity contribution in [2.45, 2.75) is 32.2 Å². The molecule has 1 aliphatic rings. The molecular formula is C11H18N2O3S. The Balaban J connectivity index is 2.04. The molecule has 0 saturated carbocycles. The third kappa shape index (κ3) is 3.07. The Kier molecular flexibility index (Phi) is 3.83. The highest BCUT2D eigenvalue weighted by Gasteiger charge is 2.32. The molecule has 96 valence electrons. The summed E-state index contributed by atoms with van der Waals surface area (Å²) in [6.45, 7) is 3.67. The highest BCUT2D eigenvalue weighted by atomic mass is 32.2. The van der Waals surface area contributed by atoms with E-state index in [1.165, 1.54) is 6.39 Å². The van der Waals surface area contributed by atoms with Crippen LogP contribution in [-0.2, 0) is 16.4 Å². The van der Waals surface area contributed by atoms with Crippen LogP contribution in [0.25, 0.3) is 0 Å². The maximum absolute atomic E-state index is 11.4. The Morgan fingerprint density at radius 3 is 3.06 bits per heavy atom. The number of hydrogen-bond acceptors (Lipinski definition) is 5. The molecule has 6 heteroatoms. The molecule has 0 amide bonds. The van der Waals surface area contributed by atoms with Crippen molar-refractivity contribution in [1.82, 2.24) is 10.3 Å². The van der Waals surface area contributed by atoms with Crippen molar-refractivity contribution in [3.63, 3.8) is 0 Å². The van der Waals surface area contributed by atoms with E-state index in [1.807, 2.05) is 0 Å². The molecule has 0 radical (unpaired) electrons. The van der Waals surface area contributed by atoms with Crippen LogP contribution in [-0.4, -0.2) is 31.5 Å². The van der Waals surface area contributed by atoms with E-state index in [0.29, 0.717) is 13.0 Å². The van der Waals surface area contributed by atoms with Crippen molar-refractivity contribution in [2.24, 2.45) is 0 Å². The average Bonchev–Trinajstić information content (AvgIpc) is 2.85. The summed E-state index contributed by atoms with van der Waals surface area (Å²) in [5.41, 5.74) is 0.848. The van der Waals surface area contributed by atoms with Gasteiger partial charge in [-0.05, 0) is 19.4 Å². The second-order valence-electron chi connectivity index (χ2n) is 4.44. The number of oxazole rings is 1. The standard InChI is InChI=1S/C11H18N2O3S/c1-2-4-12-6-10-11(16-8-13-10)9-3-5-17(14,15)7-9/h8-9,12H,2-7H2,1H3. The molecule has 0 bridgehead atoms. The van der Waals surface area contributed by atoms with Crippen LogP contribution >= 0.6 is 0 Å². The highest BCUT2D eigenvalue weighted by Crippen LogP contribution is 2.30. The molecule has 1 unspecified atom stereocenters. The van der Waals surface area contributed by atoms with Gasteiger partial charge in [0.2, 0.25) is 0 Å². The van der Waals surface area contributed by atoms with E-state index in [0.717, 1.165) is 24.4 Å². The number of nitrogens with zero attached hydrogens (tertiary/aromatic N) is 1. The number of nitrogens with one attached hydrogen (secondary N) is 1. The second-order valence-corrected chi connectivity index (χ2v) is 6.67. The van der Waals surface area contributed by atoms with Gasteiger partial charge >= 0.3 is 0 Å². The average molecular weight is 258 g/mol. The Hall–Kier alpha value is -0.880. The number of rotatable bonds is 5. The van der Waals surface area contributed by atoms with Gasteiger partial charge in [0, 0.05) is 12.5 Å². The summed E-state index contributed by atoms with van der Waals surface area (Å²) in [4.78, 5) is 4.16. The molecule has 0 aliphatic carbocycles. The fourth-order valence-electron chi connectivity index (χ4n) is 2.13. The van der Waals surface area contributed by atoms with Crippen molar-refractivity contribution in [1.29, 1.82) is 0 Å². The predicted molar refractivity (Wildman–Crippen MR) is 64.5 cm³/mol. The topological polar surface area (TPSA) is 72.2 Å². The van der Waals surface area contributed by atoms with Crippen LogP contribution in [0.1, 0.15) is 37.1 Å². The molecule has 1 aromatic rings. The summed E-state index contributed by atoms with van der Waals surface area (Å²) >= 11 is 0. The van der Waals surface area contributed by atoms with Gasteiger partial charge in [-0.3, -0.25) is 0 Å². The van der Waals surface area contributed by atoms with E-state index in [1.54, 1.807) is 0 Å². The van der Waals surface area contributed by atoms with Gasteiger partial charge in [0.05, 0.1) is 17.2 Å². The molecule has 0 spiro atoms. The van der Waals surface area contributed by atoms with E-state index >= 15 is 0 Å². The summed E-state index contributed by atoms with van der Waals surface area (Å²) in [7, 11) is -2.87. The van der Waals surface area contributed by atoms with Crippen molar-refractivity contribution in [3.8, 4) is 0 Å². The Morgan fingerprint density at radius 1 is 1.59 bits per heavy atom. The quantitative estimate of drug-likeness (QED) is 0.800. The molecule has 1 aromatic heterocycles. The first kappa shape index (κ1) is 12.6. The van der Waals surface area contributed by atoms with Crippen molar-refractivity contribution in [2.75, 3.05) is 18.1 Å². The lowest BCUT2D eigenvalue weighted by atomic mass is 10.0. The van der Waals surface area contributed by atoms with Gasteiger partial charge in [-0.2, -0.15) is 0 Å². The van der Waals surface area contributed by atoms with Gasteiger partial charge in [-0.15, -0.1) is 0 Å². The summed E-state index contributed by atoms with van der Waals surface area (Å²) in [6.07, 6.45) is 3.12. The van der Waals surface area contributed by atoms with Gasteiger partial charge in [0.15, 0.2) is 16.2 Å². The molecule has 0 aromatic carbocycles. The SMILES string of the molecule is CCCNCc1ncoc1C1CCS(=O)(=O)C1. The highest BCUT2D eigenvalue weighted by molar-refractivity contribution is 7.91. The lowest BCUT2D eigenvalue weighted by molar-refractivity contribution is 0.467. The molecule has 1 N–H and O–H groups in total. The minimum atomic E-state index is -2.87. The van der Waals surface area contributed by atoms with Gasteiger partial charge < -0.3 is 9.73 Å². The summed E-state index contributed by atoms with van der Waals surface area (Å²) in [5, 5.41) is 3.25. The van der Waals surface area contributed by atoms with Gasteiger partial charge in [0.1, 0.15) is 5.76 Å². The third-order valence-corrected chi connectivity index (χ3v) is 4.76. The molecule has 1 atom stereocenters. The normalized spacial score (nSPS) is 23.0. The molecule has 17 heavy (non-hydrogen) atoms. The summed E-state index contributed by atoms with van der Waals surface area (Å²) in [5.74, 6) is 1.19. The predicted octanol–water partition coefficient (Wildman–Crippen LogP) is 1.08. The van der Waals surface area contributed by atoms with E-state index in [2.05, 4.69) is 17.2 Å². The first-order valence-corrected chi connectivity index (χ1v) is 7.78. The molecule has 1 saturated heterocycles. The van der Waals surface area contributed by atoms with Gasteiger partial charge in [-0.25, -0.2) is 13.4 Å². The molecule has 1 aliphatic heterocycles. The second kappa shape index (κ2) is 5.18. The van der Waals surface area contributed by atoms with E-state index in [-0.39, 0.29) is 17.4 Å². The summed E-state index contributed by atoms with van der Waals surface area (Å²) < 4.78 is 28.2. The number of aromatic nitrogens is 1. The Bertz CT molecular complexity index is 467. The third-order valence-electron chi connectivity index (χ3n) is 3.00. The van der Waals surface area contributed by atoms with E-state index in [9.17, 15) is 8.42 Å². The van der Waals surface area contributed by atoms with E-state index in [4.69, 9.17) is 4.42 Å². The molecule has 1 fully saturated rings. The first-order valence-electron chi connectivity index (χ1n) is 5.96. The molecule has 2 heterocycles. The zero-order chi connectivity index (χ0) is 12.3. The van der Waals surface area contributed by atoms with Crippen LogP contribution in [0, 0.1) is 0 Å². The lowest BCUT2D eigenvalue weighted by Gasteiger charge is -2.06. The van der Waals surface area contributed by atoms with Crippen LogP contribution < -0.4 is 5.32 Å². The van der Waals surface area contributed by atoms with Crippen molar-refractivity contribution >= 4 is 9.84 Å². The first-order chi connectivity index (χ1) is 8.12. The summed E-state index contributed by atoms with van der Waals surface area (Å²) in [6, 6.07) is 0. The van der Waals surface area contributed by atoms with Crippen molar-refractivity contribution < 1.29 is 12.8 Å². The van der Waals surface area contributed by atoms with Crippen LogP contribution in [0.5, 0.6) is 0 Å². The zero-order valence-corrected chi connectivity index (χ0v) is 10.8. The van der Waals surface area contributed by atoms with Gasteiger partial charge in [-0.1, -0.05) is 6.92 Å². The number of hydrogen-bond donors (Lipinski definition) is 1. The zero-order valence-electron chi connectivity index (χ0n) is 9.98. The molecule has 5 nitrogen and oxygen atoms in total. The largest absolute Gasteiger partial charge is 0.448 e. The lowest BCUT2D eigenvalue weighted by Crippen LogP contribution is -2.16. The fourth-order valence-corrected chi connectivity index (χ4v) is 3.87. The van der Waals surface area contributed by atoms with Crippen molar-refractivity contribution in [3.05, 3.63) is 17.8 Å². The smallest absolute Gasteiger partial charge is 0.181 e. The van der Waals surface area contributed by atoms with Crippen LogP contribution in [0.4, 0.5) is 0 Å². The minimum Gasteiger partial charge on any atom is -0.448 e. The maximum atomic E-state index is 11.4. The monoisotopic (exact) mass is 258 g/mol. The number of sulfone groups is 1. The molecule has 2 rings (SSSR count). The van der Waals surface area contributed by atoms with Crippen LogP contribution in [0.3, 0.4) is 0 Å². The Labute approximate surface area is 102 Å². The Morgan fingerprint density at radius 2 is 2.41 bits per heavy atom.